The highest BCUT2D eigenvalue weighted by atomic mass is 16.5. The van der Waals surface area contributed by atoms with Crippen LogP contribution >= 0.6 is 0 Å². The van der Waals surface area contributed by atoms with Gasteiger partial charge in [-0.15, -0.1) is 0 Å². The smallest absolute Gasteiger partial charge is 0.0698 e. The van der Waals surface area contributed by atoms with Gasteiger partial charge in [0, 0.05) is 26.2 Å². The first-order valence-corrected chi connectivity index (χ1v) is 6.27. The molecule has 3 nitrogen and oxygen atoms in total. The van der Waals surface area contributed by atoms with Crippen molar-refractivity contribution in [1.29, 1.82) is 0 Å². The van der Waals surface area contributed by atoms with Crippen LogP contribution in [0.1, 0.15) is 39.0 Å². The molecule has 2 atom stereocenters. The Bertz CT molecular complexity index is 164. The summed E-state index contributed by atoms with van der Waals surface area (Å²) in [6.45, 7) is 5.52. The van der Waals surface area contributed by atoms with E-state index in [1.165, 1.54) is 32.2 Å². The maximum atomic E-state index is 6.10. The van der Waals surface area contributed by atoms with Gasteiger partial charge in [0.05, 0.1) is 6.10 Å². The summed E-state index contributed by atoms with van der Waals surface area (Å²) in [7, 11) is 1.81. The van der Waals surface area contributed by atoms with Crippen molar-refractivity contribution in [2.24, 2.45) is 5.73 Å². The Morgan fingerprint density at radius 2 is 2.33 bits per heavy atom. The monoisotopic (exact) mass is 214 g/mol. The Balaban J connectivity index is 2.19. The number of rotatable bonds is 6. The maximum Gasteiger partial charge on any atom is 0.0698 e. The Labute approximate surface area is 94.0 Å². The van der Waals surface area contributed by atoms with Crippen LogP contribution in [-0.2, 0) is 4.74 Å². The average Bonchev–Trinajstić information content (AvgIpc) is 2.26. The molecule has 15 heavy (non-hydrogen) atoms. The maximum absolute atomic E-state index is 6.10. The molecule has 0 aliphatic carbocycles. The number of methoxy groups -OCH3 is 1. The highest BCUT2D eigenvalue weighted by Crippen LogP contribution is 2.13. The van der Waals surface area contributed by atoms with Crippen LogP contribution in [0.15, 0.2) is 0 Å². The van der Waals surface area contributed by atoms with Crippen LogP contribution in [0.5, 0.6) is 0 Å². The van der Waals surface area contributed by atoms with Crippen molar-refractivity contribution in [3.63, 3.8) is 0 Å². The fourth-order valence-electron chi connectivity index (χ4n) is 2.26. The average molecular weight is 214 g/mol. The van der Waals surface area contributed by atoms with Gasteiger partial charge in [-0.25, -0.2) is 0 Å². The third-order valence-corrected chi connectivity index (χ3v) is 3.22. The number of unbranched alkanes of at least 4 members (excludes halogenated alkanes) is 1. The van der Waals surface area contributed by atoms with Gasteiger partial charge < -0.3 is 10.5 Å². The molecule has 0 radical (unpaired) electrons. The standard InChI is InChI=1S/C12H26N2O/c1-3-4-6-11(13)9-14-8-5-7-12(10-14)15-2/h11-12H,3-10,13H2,1-2H3. The van der Waals surface area contributed by atoms with Crippen molar-refractivity contribution in [1.82, 2.24) is 4.90 Å². The van der Waals surface area contributed by atoms with E-state index < -0.39 is 0 Å². The number of piperidine rings is 1. The predicted molar refractivity (Wildman–Crippen MR) is 64.0 cm³/mol. The number of nitrogens with zero attached hydrogens (tertiary/aromatic N) is 1. The zero-order chi connectivity index (χ0) is 11.1. The first-order valence-electron chi connectivity index (χ1n) is 6.27. The summed E-state index contributed by atoms with van der Waals surface area (Å²) in [5.41, 5.74) is 6.10. The Hall–Kier alpha value is -0.120. The van der Waals surface area contributed by atoms with Crippen LogP contribution in [0.4, 0.5) is 0 Å². The third kappa shape index (κ3) is 4.96. The van der Waals surface area contributed by atoms with Gasteiger partial charge in [-0.2, -0.15) is 0 Å². The fourth-order valence-corrected chi connectivity index (χ4v) is 2.26. The van der Waals surface area contributed by atoms with Gasteiger partial charge in [0.2, 0.25) is 0 Å². The summed E-state index contributed by atoms with van der Waals surface area (Å²) in [5.74, 6) is 0. The molecule has 1 heterocycles. The minimum atomic E-state index is 0.348. The molecule has 1 rings (SSSR count). The largest absolute Gasteiger partial charge is 0.380 e. The molecule has 0 amide bonds. The fraction of sp³-hybridized carbons (Fsp3) is 1.00. The summed E-state index contributed by atoms with van der Waals surface area (Å²) in [5, 5.41) is 0. The molecular weight excluding hydrogens is 188 g/mol. The number of nitrogens with two attached hydrogens (primary N) is 1. The van der Waals surface area contributed by atoms with Crippen molar-refractivity contribution in [2.45, 2.75) is 51.2 Å². The molecule has 0 saturated carbocycles. The molecule has 3 heteroatoms. The number of likely N-dealkylation sites (tertiary alicyclic amines) is 1. The molecule has 0 bridgehead atoms. The van der Waals surface area contributed by atoms with Crippen LogP contribution in [0, 0.1) is 0 Å². The van der Waals surface area contributed by atoms with Crippen LogP contribution in [0.2, 0.25) is 0 Å². The Morgan fingerprint density at radius 1 is 1.53 bits per heavy atom. The van der Waals surface area contributed by atoms with E-state index in [-0.39, 0.29) is 0 Å². The van der Waals surface area contributed by atoms with E-state index in [1.54, 1.807) is 0 Å². The molecular formula is C12H26N2O. The van der Waals surface area contributed by atoms with Gasteiger partial charge in [-0.3, -0.25) is 4.90 Å². The highest BCUT2D eigenvalue weighted by Gasteiger charge is 2.20. The van der Waals surface area contributed by atoms with Crippen molar-refractivity contribution in [3.8, 4) is 0 Å². The third-order valence-electron chi connectivity index (χ3n) is 3.22. The van der Waals surface area contributed by atoms with Gasteiger partial charge >= 0.3 is 0 Å². The molecule has 2 N–H and O–H groups in total. The summed E-state index contributed by atoms with van der Waals surface area (Å²) in [4.78, 5) is 2.46. The summed E-state index contributed by atoms with van der Waals surface area (Å²) in [6, 6.07) is 0.348. The van der Waals surface area contributed by atoms with Crippen molar-refractivity contribution in [3.05, 3.63) is 0 Å². The van der Waals surface area contributed by atoms with Gasteiger partial charge in [0.1, 0.15) is 0 Å². The lowest BCUT2D eigenvalue weighted by molar-refractivity contribution is 0.0292. The summed E-state index contributed by atoms with van der Waals surface area (Å²) >= 11 is 0. The number of hydrogen-bond acceptors (Lipinski definition) is 3. The van der Waals surface area contributed by atoms with E-state index in [2.05, 4.69) is 11.8 Å². The highest BCUT2D eigenvalue weighted by molar-refractivity contribution is 4.76. The van der Waals surface area contributed by atoms with E-state index in [9.17, 15) is 0 Å². The second kappa shape index (κ2) is 7.20. The molecule has 0 aromatic heterocycles. The second-order valence-corrected chi connectivity index (χ2v) is 4.66. The number of hydrogen-bond donors (Lipinski definition) is 1. The first kappa shape index (κ1) is 12.9. The van der Waals surface area contributed by atoms with Crippen molar-refractivity contribution in [2.75, 3.05) is 26.7 Å². The quantitative estimate of drug-likeness (QED) is 0.730. The minimum absolute atomic E-state index is 0.348. The van der Waals surface area contributed by atoms with E-state index in [0.717, 1.165) is 19.5 Å². The topological polar surface area (TPSA) is 38.5 Å². The zero-order valence-corrected chi connectivity index (χ0v) is 10.2. The molecule has 0 aromatic rings. The Kier molecular flexibility index (Phi) is 6.22. The van der Waals surface area contributed by atoms with E-state index in [1.807, 2.05) is 7.11 Å². The zero-order valence-electron chi connectivity index (χ0n) is 10.2. The Morgan fingerprint density at radius 3 is 3.00 bits per heavy atom. The minimum Gasteiger partial charge on any atom is -0.380 e. The molecule has 0 aromatic carbocycles. The van der Waals surface area contributed by atoms with Crippen LogP contribution in [-0.4, -0.2) is 43.8 Å². The van der Waals surface area contributed by atoms with Gasteiger partial charge in [-0.1, -0.05) is 19.8 Å². The van der Waals surface area contributed by atoms with Gasteiger partial charge in [0.15, 0.2) is 0 Å². The number of ether oxygens (including phenoxy) is 1. The molecule has 1 saturated heterocycles. The van der Waals surface area contributed by atoms with Crippen molar-refractivity contribution >= 4 is 0 Å². The van der Waals surface area contributed by atoms with Gasteiger partial charge in [0.25, 0.3) is 0 Å². The molecule has 90 valence electrons. The van der Waals surface area contributed by atoms with Crippen molar-refractivity contribution < 1.29 is 4.74 Å². The van der Waals surface area contributed by atoms with E-state index >= 15 is 0 Å². The molecule has 2 unspecified atom stereocenters. The van der Waals surface area contributed by atoms with Gasteiger partial charge in [-0.05, 0) is 25.8 Å². The molecule has 0 spiro atoms. The summed E-state index contributed by atoms with van der Waals surface area (Å²) in [6.07, 6.45) is 6.54. The summed E-state index contributed by atoms with van der Waals surface area (Å²) < 4.78 is 5.40. The lowest BCUT2D eigenvalue weighted by Gasteiger charge is -2.33. The van der Waals surface area contributed by atoms with Crippen LogP contribution < -0.4 is 5.73 Å². The second-order valence-electron chi connectivity index (χ2n) is 4.66. The molecule has 1 aliphatic rings. The van der Waals surface area contributed by atoms with E-state index in [4.69, 9.17) is 10.5 Å². The lowest BCUT2D eigenvalue weighted by Crippen LogP contribution is -2.45. The lowest BCUT2D eigenvalue weighted by atomic mass is 10.1. The van der Waals surface area contributed by atoms with E-state index in [0.29, 0.717) is 12.1 Å². The predicted octanol–water partition coefficient (Wildman–Crippen LogP) is 1.61. The normalized spacial score (nSPS) is 25.4. The van der Waals surface area contributed by atoms with Crippen LogP contribution in [0.3, 0.4) is 0 Å². The molecule has 1 aliphatic heterocycles. The SMILES string of the molecule is CCCCC(N)CN1CCCC(OC)C1. The molecule has 1 fully saturated rings. The van der Waals surface area contributed by atoms with Crippen LogP contribution in [0.25, 0.3) is 0 Å². The first-order chi connectivity index (χ1) is 7.26.